The Morgan fingerprint density at radius 2 is 2.25 bits per heavy atom. The Balaban J connectivity index is 2.76. The van der Waals surface area contributed by atoms with E-state index < -0.39 is 5.97 Å². The molecule has 4 nitrogen and oxygen atoms in total. The van der Waals surface area contributed by atoms with Gasteiger partial charge in [-0.2, -0.15) is 0 Å². The van der Waals surface area contributed by atoms with Crippen LogP contribution in [0.3, 0.4) is 0 Å². The number of aromatic nitrogens is 1. The molecule has 0 aliphatic rings. The molecule has 1 heterocycles. The molecule has 1 rings (SSSR count). The van der Waals surface area contributed by atoms with E-state index in [9.17, 15) is 4.79 Å². The van der Waals surface area contributed by atoms with Crippen molar-refractivity contribution in [1.82, 2.24) is 9.88 Å². The Labute approximate surface area is 95.9 Å². The van der Waals surface area contributed by atoms with E-state index in [0.29, 0.717) is 12.5 Å². The van der Waals surface area contributed by atoms with Crippen LogP contribution in [0.25, 0.3) is 0 Å². The zero-order valence-corrected chi connectivity index (χ0v) is 9.97. The number of aromatic carboxylic acids is 1. The number of carboxylic acids is 1. The molecule has 0 radical (unpaired) electrons. The van der Waals surface area contributed by atoms with Gasteiger partial charge in [-0.15, -0.1) is 0 Å². The molecular weight excluding hydrogens is 204 g/mol. The lowest BCUT2D eigenvalue weighted by atomic mass is 10.1. The predicted octanol–water partition coefficient (Wildman–Crippen LogP) is 1.87. The first-order valence-corrected chi connectivity index (χ1v) is 5.36. The average molecular weight is 222 g/mol. The Hall–Kier alpha value is -1.42. The Kier molecular flexibility index (Phi) is 4.43. The van der Waals surface area contributed by atoms with Gasteiger partial charge >= 0.3 is 5.97 Å². The molecule has 0 atom stereocenters. The predicted molar refractivity (Wildman–Crippen MR) is 62.4 cm³/mol. The van der Waals surface area contributed by atoms with Crippen molar-refractivity contribution in [3.8, 4) is 0 Å². The molecule has 0 unspecified atom stereocenters. The van der Waals surface area contributed by atoms with Crippen molar-refractivity contribution >= 4 is 5.97 Å². The summed E-state index contributed by atoms with van der Waals surface area (Å²) < 4.78 is 0. The van der Waals surface area contributed by atoms with Crippen molar-refractivity contribution in [3.63, 3.8) is 0 Å². The summed E-state index contributed by atoms with van der Waals surface area (Å²) in [5.41, 5.74) is 0.913. The number of nitrogens with zero attached hydrogens (tertiary/aromatic N) is 2. The third-order valence-corrected chi connectivity index (χ3v) is 2.21. The molecule has 0 aliphatic carbocycles. The second kappa shape index (κ2) is 5.61. The zero-order chi connectivity index (χ0) is 12.1. The number of pyridine rings is 1. The van der Waals surface area contributed by atoms with Gasteiger partial charge in [0.05, 0.1) is 0 Å². The summed E-state index contributed by atoms with van der Waals surface area (Å²) in [6.45, 7) is 5.83. The summed E-state index contributed by atoms with van der Waals surface area (Å²) in [6.07, 6.45) is 1.51. The van der Waals surface area contributed by atoms with E-state index in [1.807, 2.05) is 13.1 Å². The van der Waals surface area contributed by atoms with Gasteiger partial charge in [0.15, 0.2) is 5.69 Å². The average Bonchev–Trinajstić information content (AvgIpc) is 2.16. The SMILES string of the molecule is CC(C)CN(C)Cc1cccnc1C(=O)O. The summed E-state index contributed by atoms with van der Waals surface area (Å²) in [5.74, 6) is -0.400. The molecule has 0 spiro atoms. The van der Waals surface area contributed by atoms with E-state index in [0.717, 1.165) is 12.1 Å². The van der Waals surface area contributed by atoms with Crippen LogP contribution in [0.2, 0.25) is 0 Å². The molecular formula is C12H18N2O2. The van der Waals surface area contributed by atoms with Crippen molar-refractivity contribution in [2.75, 3.05) is 13.6 Å². The quantitative estimate of drug-likeness (QED) is 0.826. The van der Waals surface area contributed by atoms with Gasteiger partial charge < -0.3 is 10.0 Å². The van der Waals surface area contributed by atoms with E-state index in [4.69, 9.17) is 5.11 Å². The van der Waals surface area contributed by atoms with Gasteiger partial charge in [0.1, 0.15) is 0 Å². The number of hydrogen-bond acceptors (Lipinski definition) is 3. The Morgan fingerprint density at radius 1 is 1.56 bits per heavy atom. The van der Waals surface area contributed by atoms with E-state index in [1.54, 1.807) is 6.07 Å². The van der Waals surface area contributed by atoms with Gasteiger partial charge in [0, 0.05) is 19.3 Å². The first-order valence-electron chi connectivity index (χ1n) is 5.36. The highest BCUT2D eigenvalue weighted by molar-refractivity contribution is 5.86. The van der Waals surface area contributed by atoms with E-state index in [-0.39, 0.29) is 5.69 Å². The smallest absolute Gasteiger partial charge is 0.354 e. The van der Waals surface area contributed by atoms with Crippen LogP contribution in [-0.4, -0.2) is 34.6 Å². The molecule has 16 heavy (non-hydrogen) atoms. The third-order valence-electron chi connectivity index (χ3n) is 2.21. The zero-order valence-electron chi connectivity index (χ0n) is 9.97. The lowest BCUT2D eigenvalue weighted by Crippen LogP contribution is -2.24. The number of carbonyl (C=O) groups is 1. The van der Waals surface area contributed by atoms with Gasteiger partial charge in [-0.25, -0.2) is 9.78 Å². The molecule has 0 bridgehead atoms. The van der Waals surface area contributed by atoms with Gasteiger partial charge in [0.25, 0.3) is 0 Å². The maximum absolute atomic E-state index is 10.9. The highest BCUT2D eigenvalue weighted by Crippen LogP contribution is 2.09. The largest absolute Gasteiger partial charge is 0.477 e. The fourth-order valence-electron chi connectivity index (χ4n) is 1.74. The van der Waals surface area contributed by atoms with Gasteiger partial charge in [-0.3, -0.25) is 0 Å². The molecule has 1 aromatic heterocycles. The third kappa shape index (κ3) is 3.62. The lowest BCUT2D eigenvalue weighted by Gasteiger charge is -2.19. The monoisotopic (exact) mass is 222 g/mol. The maximum atomic E-state index is 10.9. The standard InChI is InChI=1S/C12H18N2O2/c1-9(2)7-14(3)8-10-5-4-6-13-11(10)12(15)16/h4-6,9H,7-8H2,1-3H3,(H,15,16). The molecule has 0 amide bonds. The van der Waals surface area contributed by atoms with Crippen LogP contribution in [-0.2, 0) is 6.54 Å². The second-order valence-corrected chi connectivity index (χ2v) is 4.41. The van der Waals surface area contributed by atoms with Crippen molar-refractivity contribution in [3.05, 3.63) is 29.6 Å². The van der Waals surface area contributed by atoms with Gasteiger partial charge in [-0.05, 0) is 24.6 Å². The topological polar surface area (TPSA) is 53.4 Å². The van der Waals surface area contributed by atoms with Crippen LogP contribution < -0.4 is 0 Å². The van der Waals surface area contributed by atoms with Crippen molar-refractivity contribution in [2.45, 2.75) is 20.4 Å². The molecule has 0 saturated carbocycles. The van der Waals surface area contributed by atoms with Crippen LogP contribution in [0.4, 0.5) is 0 Å². The summed E-state index contributed by atoms with van der Waals surface area (Å²) >= 11 is 0. The van der Waals surface area contributed by atoms with Crippen molar-refractivity contribution in [1.29, 1.82) is 0 Å². The second-order valence-electron chi connectivity index (χ2n) is 4.41. The molecule has 1 N–H and O–H groups in total. The first kappa shape index (κ1) is 12.6. The van der Waals surface area contributed by atoms with Crippen molar-refractivity contribution < 1.29 is 9.90 Å². The number of carboxylic acid groups (broad SMARTS) is 1. The normalized spacial score (nSPS) is 11.1. The summed E-state index contributed by atoms with van der Waals surface area (Å²) in [4.78, 5) is 16.9. The van der Waals surface area contributed by atoms with E-state index in [2.05, 4.69) is 23.7 Å². The number of hydrogen-bond donors (Lipinski definition) is 1. The minimum Gasteiger partial charge on any atom is -0.477 e. The molecule has 1 aromatic rings. The van der Waals surface area contributed by atoms with Gasteiger partial charge in [-0.1, -0.05) is 19.9 Å². The van der Waals surface area contributed by atoms with Crippen LogP contribution in [0.5, 0.6) is 0 Å². The van der Waals surface area contributed by atoms with E-state index in [1.165, 1.54) is 6.20 Å². The molecule has 0 saturated heterocycles. The molecule has 4 heteroatoms. The fourth-order valence-corrected chi connectivity index (χ4v) is 1.74. The van der Waals surface area contributed by atoms with Gasteiger partial charge in [0.2, 0.25) is 0 Å². The number of rotatable bonds is 5. The van der Waals surface area contributed by atoms with Crippen LogP contribution in [0.1, 0.15) is 29.9 Å². The van der Waals surface area contributed by atoms with Crippen LogP contribution >= 0.6 is 0 Å². The summed E-state index contributed by atoms with van der Waals surface area (Å²) in [7, 11) is 1.98. The minimum absolute atomic E-state index is 0.151. The van der Waals surface area contributed by atoms with Crippen molar-refractivity contribution in [2.24, 2.45) is 5.92 Å². The fraction of sp³-hybridized carbons (Fsp3) is 0.500. The van der Waals surface area contributed by atoms with Crippen LogP contribution in [0.15, 0.2) is 18.3 Å². The molecule has 88 valence electrons. The highest BCUT2D eigenvalue weighted by atomic mass is 16.4. The minimum atomic E-state index is -0.964. The Bertz CT molecular complexity index is 364. The Morgan fingerprint density at radius 3 is 2.81 bits per heavy atom. The summed E-state index contributed by atoms with van der Waals surface area (Å²) in [5, 5.41) is 8.98. The molecule has 0 aliphatic heterocycles. The maximum Gasteiger partial charge on any atom is 0.354 e. The van der Waals surface area contributed by atoms with Crippen LogP contribution in [0, 0.1) is 5.92 Å². The lowest BCUT2D eigenvalue weighted by molar-refractivity contribution is 0.0688. The molecule has 0 fully saturated rings. The highest BCUT2D eigenvalue weighted by Gasteiger charge is 2.12. The summed E-state index contributed by atoms with van der Waals surface area (Å²) in [6, 6.07) is 3.58. The van der Waals surface area contributed by atoms with E-state index >= 15 is 0 Å². The molecule has 0 aromatic carbocycles. The first-order chi connectivity index (χ1) is 7.50.